The second-order valence-corrected chi connectivity index (χ2v) is 3.28. The zero-order chi connectivity index (χ0) is 8.10. The summed E-state index contributed by atoms with van der Waals surface area (Å²) in [5.74, 6) is 0. The van der Waals surface area contributed by atoms with Gasteiger partial charge < -0.3 is 4.74 Å². The molecule has 0 amide bonds. The molecule has 0 N–H and O–H groups in total. The van der Waals surface area contributed by atoms with Gasteiger partial charge in [0.1, 0.15) is 0 Å². The molecule has 11 heavy (non-hydrogen) atoms. The van der Waals surface area contributed by atoms with Crippen LogP contribution in [0.2, 0.25) is 0 Å². The minimum absolute atomic E-state index is 0.465. The van der Waals surface area contributed by atoms with E-state index in [9.17, 15) is 0 Å². The normalized spacial score (nSPS) is 9.64. The Hall–Kier alpha value is -0.390. The van der Waals surface area contributed by atoms with Crippen LogP contribution in [0.15, 0.2) is 12.4 Å². The van der Waals surface area contributed by atoms with Crippen LogP contribution in [0.1, 0.15) is 13.3 Å². The lowest BCUT2D eigenvalue weighted by Crippen LogP contribution is -1.99. The van der Waals surface area contributed by atoms with Crippen LogP contribution < -0.4 is 4.74 Å². The minimum atomic E-state index is 0.465. The first-order valence-electron chi connectivity index (χ1n) is 3.43. The van der Waals surface area contributed by atoms with Gasteiger partial charge in [0.25, 0.3) is 0 Å². The summed E-state index contributed by atoms with van der Waals surface area (Å²) in [5, 5.41) is 0. The second-order valence-electron chi connectivity index (χ2n) is 2.03. The summed E-state index contributed by atoms with van der Waals surface area (Å²) in [4.78, 5) is 7.95. The topological polar surface area (TPSA) is 35.0 Å². The second kappa shape index (κ2) is 4.48. The van der Waals surface area contributed by atoms with Crippen LogP contribution in [-0.2, 0) is 0 Å². The Labute approximate surface area is 79.3 Å². The summed E-state index contributed by atoms with van der Waals surface area (Å²) in [7, 11) is 0. The van der Waals surface area contributed by atoms with E-state index >= 15 is 0 Å². The first kappa shape index (κ1) is 8.70. The number of nitrogens with zero attached hydrogens (tertiary/aromatic N) is 2. The molecule has 1 heterocycles. The lowest BCUT2D eigenvalue weighted by molar-refractivity contribution is 0.292. The number of rotatable bonds is 3. The van der Waals surface area contributed by atoms with E-state index in [2.05, 4.69) is 32.6 Å². The van der Waals surface area contributed by atoms with Crippen molar-refractivity contribution in [3.8, 4) is 6.01 Å². The van der Waals surface area contributed by atoms with E-state index in [1.54, 1.807) is 12.4 Å². The third-order valence-corrected chi connectivity index (χ3v) is 1.59. The fourth-order valence-corrected chi connectivity index (χ4v) is 0.847. The number of hydrogen-bond donors (Lipinski definition) is 0. The van der Waals surface area contributed by atoms with Crippen molar-refractivity contribution in [2.45, 2.75) is 13.3 Å². The predicted molar refractivity (Wildman–Crippen MR) is 50.5 cm³/mol. The standard InChI is InChI=1S/C7H9IN2O/c1-2-3-11-7-9-4-6(8)5-10-7/h4-5H,2-3H2,1H3. The average molecular weight is 264 g/mol. The van der Waals surface area contributed by atoms with Gasteiger partial charge in [0, 0.05) is 16.0 Å². The molecular weight excluding hydrogens is 255 g/mol. The predicted octanol–water partition coefficient (Wildman–Crippen LogP) is 1.87. The van der Waals surface area contributed by atoms with Crippen LogP contribution in [0.25, 0.3) is 0 Å². The lowest BCUT2D eigenvalue weighted by atomic mass is 10.5. The van der Waals surface area contributed by atoms with Crippen molar-refractivity contribution in [3.05, 3.63) is 16.0 Å². The van der Waals surface area contributed by atoms with Crippen molar-refractivity contribution in [1.82, 2.24) is 9.97 Å². The summed E-state index contributed by atoms with van der Waals surface area (Å²) in [5.41, 5.74) is 0. The highest BCUT2D eigenvalue weighted by molar-refractivity contribution is 14.1. The van der Waals surface area contributed by atoms with Gasteiger partial charge >= 0.3 is 6.01 Å². The molecule has 4 heteroatoms. The number of hydrogen-bond acceptors (Lipinski definition) is 3. The molecule has 1 rings (SSSR count). The largest absolute Gasteiger partial charge is 0.463 e. The van der Waals surface area contributed by atoms with Gasteiger partial charge in [-0.2, -0.15) is 0 Å². The van der Waals surface area contributed by atoms with Gasteiger partial charge in [-0.05, 0) is 29.0 Å². The highest BCUT2D eigenvalue weighted by Gasteiger charge is 1.93. The molecular formula is C7H9IN2O. The zero-order valence-corrected chi connectivity index (χ0v) is 8.41. The summed E-state index contributed by atoms with van der Waals surface area (Å²) in [6.45, 7) is 2.73. The highest BCUT2D eigenvalue weighted by Crippen LogP contribution is 2.04. The Morgan fingerprint density at radius 3 is 2.64 bits per heavy atom. The van der Waals surface area contributed by atoms with Crippen LogP contribution in [0, 0.1) is 3.57 Å². The van der Waals surface area contributed by atoms with Crippen LogP contribution >= 0.6 is 22.6 Å². The first-order chi connectivity index (χ1) is 5.33. The van der Waals surface area contributed by atoms with Crippen molar-refractivity contribution >= 4 is 22.6 Å². The van der Waals surface area contributed by atoms with Crippen LogP contribution in [-0.4, -0.2) is 16.6 Å². The van der Waals surface area contributed by atoms with Crippen molar-refractivity contribution in [3.63, 3.8) is 0 Å². The van der Waals surface area contributed by atoms with Gasteiger partial charge in [0.15, 0.2) is 0 Å². The Balaban J connectivity index is 2.52. The summed E-state index contributed by atoms with van der Waals surface area (Å²) < 4.78 is 6.20. The number of ether oxygens (including phenoxy) is 1. The zero-order valence-electron chi connectivity index (χ0n) is 6.25. The Kier molecular flexibility index (Phi) is 3.55. The molecule has 0 aliphatic carbocycles. The lowest BCUT2D eigenvalue weighted by Gasteiger charge is -1.99. The molecule has 0 unspecified atom stereocenters. The average Bonchev–Trinajstić information content (AvgIpc) is 2.04. The molecule has 0 atom stereocenters. The third-order valence-electron chi connectivity index (χ3n) is 1.03. The quantitative estimate of drug-likeness (QED) is 0.782. The van der Waals surface area contributed by atoms with Gasteiger partial charge in [0.2, 0.25) is 0 Å². The van der Waals surface area contributed by atoms with Crippen LogP contribution in [0.4, 0.5) is 0 Å². The van der Waals surface area contributed by atoms with E-state index in [0.29, 0.717) is 12.6 Å². The smallest absolute Gasteiger partial charge is 0.316 e. The van der Waals surface area contributed by atoms with Gasteiger partial charge in [0.05, 0.1) is 6.61 Å². The van der Waals surface area contributed by atoms with E-state index in [-0.39, 0.29) is 0 Å². The summed E-state index contributed by atoms with van der Waals surface area (Å²) >= 11 is 2.15. The molecule has 0 fully saturated rings. The minimum Gasteiger partial charge on any atom is -0.463 e. The van der Waals surface area contributed by atoms with Gasteiger partial charge in [-0.15, -0.1) is 0 Å². The van der Waals surface area contributed by atoms with Crippen molar-refractivity contribution in [2.24, 2.45) is 0 Å². The van der Waals surface area contributed by atoms with Crippen LogP contribution in [0.5, 0.6) is 6.01 Å². The van der Waals surface area contributed by atoms with Gasteiger partial charge in [-0.3, -0.25) is 0 Å². The maximum Gasteiger partial charge on any atom is 0.316 e. The maximum absolute atomic E-state index is 5.18. The molecule has 0 saturated carbocycles. The molecule has 1 aromatic heterocycles. The SMILES string of the molecule is CCCOc1ncc(I)cn1. The number of aromatic nitrogens is 2. The van der Waals surface area contributed by atoms with Crippen molar-refractivity contribution in [2.75, 3.05) is 6.61 Å². The Morgan fingerprint density at radius 2 is 2.09 bits per heavy atom. The van der Waals surface area contributed by atoms with Gasteiger partial charge in [-0.1, -0.05) is 6.92 Å². The third kappa shape index (κ3) is 3.00. The molecule has 0 spiro atoms. The van der Waals surface area contributed by atoms with E-state index in [1.807, 2.05) is 6.92 Å². The number of halogens is 1. The molecule has 3 nitrogen and oxygen atoms in total. The Bertz CT molecular complexity index is 212. The Morgan fingerprint density at radius 1 is 1.45 bits per heavy atom. The van der Waals surface area contributed by atoms with Crippen molar-refractivity contribution < 1.29 is 4.74 Å². The van der Waals surface area contributed by atoms with Crippen LogP contribution in [0.3, 0.4) is 0 Å². The molecule has 0 aromatic carbocycles. The van der Waals surface area contributed by atoms with E-state index in [0.717, 1.165) is 9.99 Å². The maximum atomic E-state index is 5.18. The highest BCUT2D eigenvalue weighted by atomic mass is 127. The van der Waals surface area contributed by atoms with E-state index in [4.69, 9.17) is 4.74 Å². The fourth-order valence-electron chi connectivity index (χ4n) is 0.568. The molecule has 0 saturated heterocycles. The molecule has 1 aromatic rings. The fraction of sp³-hybridized carbons (Fsp3) is 0.429. The first-order valence-corrected chi connectivity index (χ1v) is 4.51. The van der Waals surface area contributed by atoms with Crippen molar-refractivity contribution in [1.29, 1.82) is 0 Å². The molecule has 0 radical (unpaired) electrons. The van der Waals surface area contributed by atoms with Gasteiger partial charge in [-0.25, -0.2) is 9.97 Å². The molecule has 0 bridgehead atoms. The molecule has 0 aliphatic heterocycles. The van der Waals surface area contributed by atoms with E-state index < -0.39 is 0 Å². The molecule has 60 valence electrons. The summed E-state index contributed by atoms with van der Waals surface area (Å²) in [6, 6.07) is 0.465. The monoisotopic (exact) mass is 264 g/mol. The summed E-state index contributed by atoms with van der Waals surface area (Å²) in [6.07, 6.45) is 4.45. The van der Waals surface area contributed by atoms with E-state index in [1.165, 1.54) is 0 Å². The molecule has 0 aliphatic rings.